The highest BCUT2D eigenvalue weighted by Gasteiger charge is 2.30. The van der Waals surface area contributed by atoms with Gasteiger partial charge >= 0.3 is 0 Å². The lowest BCUT2D eigenvalue weighted by molar-refractivity contribution is 0.645. The van der Waals surface area contributed by atoms with Crippen molar-refractivity contribution in [3.63, 3.8) is 0 Å². The second kappa shape index (κ2) is 5.27. The molecule has 5 heteroatoms. The van der Waals surface area contributed by atoms with E-state index in [4.69, 9.17) is 40.5 Å². The van der Waals surface area contributed by atoms with Crippen LogP contribution in [0.15, 0.2) is 24.3 Å². The van der Waals surface area contributed by atoms with Crippen molar-refractivity contribution in [2.45, 2.75) is 18.9 Å². The van der Waals surface area contributed by atoms with Crippen molar-refractivity contribution >= 4 is 46.1 Å². The minimum Gasteiger partial charge on any atom is -0.323 e. The summed E-state index contributed by atoms with van der Waals surface area (Å²) in [7, 11) is 0. The van der Waals surface area contributed by atoms with Crippen LogP contribution in [0, 0.1) is 5.92 Å². The van der Waals surface area contributed by atoms with Gasteiger partial charge in [-0.1, -0.05) is 34.8 Å². The molecule has 3 rings (SSSR count). The van der Waals surface area contributed by atoms with Crippen LogP contribution in [0.3, 0.4) is 0 Å². The Kier molecular flexibility index (Phi) is 3.80. The maximum Gasteiger partial charge on any atom is 0.0607 e. The molecule has 0 radical (unpaired) electrons. The van der Waals surface area contributed by atoms with Crippen molar-refractivity contribution in [1.82, 2.24) is 0 Å². The molecule has 0 spiro atoms. The average molecular weight is 333 g/mol. The standard InChI is InChI=1S/C14H12Cl3NS/c15-9-6-11(17)10(16)5-8(9)12-3-4-13(19-12)14(18)7-1-2-7/h3-7,14H,1-2,18H2. The molecule has 1 nitrogen and oxygen atoms in total. The molecule has 0 aliphatic heterocycles. The molecule has 0 saturated heterocycles. The molecule has 100 valence electrons. The Morgan fingerprint density at radius 2 is 1.74 bits per heavy atom. The van der Waals surface area contributed by atoms with Crippen molar-refractivity contribution in [3.8, 4) is 10.4 Å². The van der Waals surface area contributed by atoms with Gasteiger partial charge in [0, 0.05) is 21.4 Å². The van der Waals surface area contributed by atoms with E-state index in [0.29, 0.717) is 21.0 Å². The SMILES string of the molecule is NC(c1ccc(-c2cc(Cl)c(Cl)cc2Cl)s1)C1CC1. The van der Waals surface area contributed by atoms with Gasteiger partial charge in [0.15, 0.2) is 0 Å². The van der Waals surface area contributed by atoms with Crippen LogP contribution in [0.1, 0.15) is 23.8 Å². The predicted molar refractivity (Wildman–Crippen MR) is 84.4 cm³/mol. The van der Waals surface area contributed by atoms with Crippen LogP contribution in [0.5, 0.6) is 0 Å². The predicted octanol–water partition coefficient (Wildman–Crippen LogP) is 5.79. The molecule has 0 bridgehead atoms. The minimum absolute atomic E-state index is 0.153. The smallest absolute Gasteiger partial charge is 0.0607 e. The first-order valence-corrected chi connectivity index (χ1v) is 8.01. The van der Waals surface area contributed by atoms with E-state index >= 15 is 0 Å². The second-order valence-corrected chi connectivity index (χ2v) is 7.15. The third-order valence-electron chi connectivity index (χ3n) is 3.36. The van der Waals surface area contributed by atoms with E-state index in [0.717, 1.165) is 10.4 Å². The van der Waals surface area contributed by atoms with Gasteiger partial charge in [0.1, 0.15) is 0 Å². The molecule has 1 aromatic carbocycles. The summed E-state index contributed by atoms with van der Waals surface area (Å²) in [6.45, 7) is 0. The van der Waals surface area contributed by atoms with Crippen molar-refractivity contribution < 1.29 is 0 Å². The number of nitrogens with two attached hydrogens (primary N) is 1. The van der Waals surface area contributed by atoms with Gasteiger partial charge in [0.25, 0.3) is 0 Å². The molecule has 1 aliphatic rings. The molecule has 1 fully saturated rings. The van der Waals surface area contributed by atoms with Crippen LogP contribution in [-0.2, 0) is 0 Å². The number of thiophene rings is 1. The highest BCUT2D eigenvalue weighted by Crippen LogP contribution is 2.44. The Balaban J connectivity index is 1.96. The fourth-order valence-corrected chi connectivity index (χ4v) is 3.91. The third-order valence-corrected chi connectivity index (χ3v) is 5.62. The molecule has 0 amide bonds. The van der Waals surface area contributed by atoms with Crippen LogP contribution in [0.4, 0.5) is 0 Å². The Bertz CT molecular complexity index is 619. The normalized spacial score (nSPS) is 16.6. The Hall–Kier alpha value is -0.250. The molecule has 1 heterocycles. The lowest BCUT2D eigenvalue weighted by Crippen LogP contribution is -2.10. The summed E-state index contributed by atoms with van der Waals surface area (Å²) < 4.78 is 0. The van der Waals surface area contributed by atoms with E-state index in [1.54, 1.807) is 17.4 Å². The van der Waals surface area contributed by atoms with Crippen molar-refractivity contribution in [3.05, 3.63) is 44.2 Å². The Morgan fingerprint density at radius 1 is 1.05 bits per heavy atom. The van der Waals surface area contributed by atoms with Crippen molar-refractivity contribution in [1.29, 1.82) is 0 Å². The lowest BCUT2D eigenvalue weighted by Gasteiger charge is -2.07. The summed E-state index contributed by atoms with van der Waals surface area (Å²) in [6, 6.07) is 7.78. The van der Waals surface area contributed by atoms with Crippen molar-refractivity contribution in [2.24, 2.45) is 11.7 Å². The zero-order valence-electron chi connectivity index (χ0n) is 10.00. The molecule has 1 unspecified atom stereocenters. The molecular formula is C14H12Cl3NS. The van der Waals surface area contributed by atoms with Gasteiger partial charge in [-0.3, -0.25) is 0 Å². The first kappa shape index (κ1) is 13.7. The monoisotopic (exact) mass is 331 g/mol. The van der Waals surface area contributed by atoms with E-state index in [9.17, 15) is 0 Å². The number of benzene rings is 1. The second-order valence-electron chi connectivity index (χ2n) is 4.81. The number of hydrogen-bond acceptors (Lipinski definition) is 2. The lowest BCUT2D eigenvalue weighted by atomic mass is 10.1. The van der Waals surface area contributed by atoms with Gasteiger partial charge in [0.2, 0.25) is 0 Å². The van der Waals surface area contributed by atoms with E-state index in [1.165, 1.54) is 17.7 Å². The van der Waals surface area contributed by atoms with Gasteiger partial charge in [-0.2, -0.15) is 0 Å². The van der Waals surface area contributed by atoms with Crippen LogP contribution in [0.2, 0.25) is 15.1 Å². The summed E-state index contributed by atoms with van der Waals surface area (Å²) >= 11 is 19.9. The topological polar surface area (TPSA) is 26.0 Å². The molecule has 2 N–H and O–H groups in total. The molecule has 2 aromatic rings. The average Bonchev–Trinajstić information content (AvgIpc) is 3.11. The van der Waals surface area contributed by atoms with E-state index in [1.807, 2.05) is 12.1 Å². The maximum absolute atomic E-state index is 6.23. The number of rotatable bonds is 3. The first-order valence-electron chi connectivity index (χ1n) is 6.06. The number of hydrogen-bond donors (Lipinski definition) is 1. The zero-order valence-corrected chi connectivity index (χ0v) is 13.1. The fourth-order valence-electron chi connectivity index (χ4n) is 2.08. The Morgan fingerprint density at radius 3 is 2.42 bits per heavy atom. The summed E-state index contributed by atoms with van der Waals surface area (Å²) in [5.74, 6) is 0.649. The van der Waals surface area contributed by atoms with Crippen LogP contribution in [-0.4, -0.2) is 0 Å². The fraction of sp³-hybridized carbons (Fsp3) is 0.286. The van der Waals surface area contributed by atoms with Crippen LogP contribution >= 0.6 is 46.1 Å². The molecule has 19 heavy (non-hydrogen) atoms. The quantitative estimate of drug-likeness (QED) is 0.708. The van der Waals surface area contributed by atoms with E-state index < -0.39 is 0 Å². The van der Waals surface area contributed by atoms with Gasteiger partial charge in [0.05, 0.1) is 15.1 Å². The molecule has 1 aliphatic carbocycles. The number of halogens is 3. The summed E-state index contributed by atoms with van der Waals surface area (Å²) in [5, 5.41) is 1.60. The minimum atomic E-state index is 0.153. The molecule has 1 atom stereocenters. The van der Waals surface area contributed by atoms with Crippen LogP contribution < -0.4 is 5.73 Å². The third kappa shape index (κ3) is 2.79. The molecule has 1 aromatic heterocycles. The molecular weight excluding hydrogens is 321 g/mol. The highest BCUT2D eigenvalue weighted by molar-refractivity contribution is 7.15. The van der Waals surface area contributed by atoms with Gasteiger partial charge in [-0.05, 0) is 43.0 Å². The molecule has 1 saturated carbocycles. The Labute approximate surface area is 131 Å². The first-order chi connectivity index (χ1) is 9.06. The van der Waals surface area contributed by atoms with Gasteiger partial charge in [-0.25, -0.2) is 0 Å². The van der Waals surface area contributed by atoms with Gasteiger partial charge in [-0.15, -0.1) is 11.3 Å². The summed E-state index contributed by atoms with van der Waals surface area (Å²) in [5.41, 5.74) is 7.13. The van der Waals surface area contributed by atoms with Gasteiger partial charge < -0.3 is 5.73 Å². The van der Waals surface area contributed by atoms with Crippen molar-refractivity contribution in [2.75, 3.05) is 0 Å². The van der Waals surface area contributed by atoms with E-state index in [2.05, 4.69) is 6.07 Å². The highest BCUT2D eigenvalue weighted by atomic mass is 35.5. The largest absolute Gasteiger partial charge is 0.323 e. The van der Waals surface area contributed by atoms with Crippen LogP contribution in [0.25, 0.3) is 10.4 Å². The zero-order chi connectivity index (χ0) is 13.6. The maximum atomic E-state index is 6.23. The van der Waals surface area contributed by atoms with E-state index in [-0.39, 0.29) is 6.04 Å². The summed E-state index contributed by atoms with van der Waals surface area (Å²) in [4.78, 5) is 2.29. The summed E-state index contributed by atoms with van der Waals surface area (Å²) in [6.07, 6.45) is 2.48.